The van der Waals surface area contributed by atoms with Crippen molar-refractivity contribution in [1.29, 1.82) is 0 Å². The summed E-state index contributed by atoms with van der Waals surface area (Å²) in [6.45, 7) is 5.70. The molecule has 168 valence electrons. The molecule has 1 atom stereocenters. The molecule has 0 saturated carbocycles. The van der Waals surface area contributed by atoms with Crippen molar-refractivity contribution in [2.24, 2.45) is 0 Å². The van der Waals surface area contributed by atoms with Crippen molar-refractivity contribution in [3.63, 3.8) is 0 Å². The fourth-order valence-electron chi connectivity index (χ4n) is 4.37. The highest BCUT2D eigenvalue weighted by molar-refractivity contribution is 6.00. The van der Waals surface area contributed by atoms with Crippen LogP contribution in [-0.4, -0.2) is 54.0 Å². The molecule has 0 bridgehead atoms. The lowest BCUT2D eigenvalue weighted by atomic mass is 10.0. The van der Waals surface area contributed by atoms with Crippen LogP contribution in [0.3, 0.4) is 0 Å². The molecule has 7 nitrogen and oxygen atoms in total. The van der Waals surface area contributed by atoms with E-state index in [4.69, 9.17) is 5.73 Å². The fourth-order valence-corrected chi connectivity index (χ4v) is 4.37. The second-order valence-corrected chi connectivity index (χ2v) is 8.73. The Kier molecular flexibility index (Phi) is 5.56. The number of benzene rings is 3. The average molecular weight is 441 g/mol. The molecule has 4 aromatic rings. The van der Waals surface area contributed by atoms with E-state index in [0.29, 0.717) is 11.1 Å². The van der Waals surface area contributed by atoms with Gasteiger partial charge in [-0.3, -0.25) is 4.79 Å². The number of aromatic nitrogens is 2. The van der Waals surface area contributed by atoms with Gasteiger partial charge in [-0.2, -0.15) is 4.98 Å². The van der Waals surface area contributed by atoms with Crippen LogP contribution in [0.25, 0.3) is 21.7 Å². The number of hydrogen-bond donors (Lipinski definition) is 2. The molecular weight excluding hydrogens is 412 g/mol. The van der Waals surface area contributed by atoms with E-state index in [-0.39, 0.29) is 17.9 Å². The zero-order chi connectivity index (χ0) is 22.9. The maximum atomic E-state index is 13.0. The normalized spacial score (nSPS) is 15.6. The Balaban J connectivity index is 1.39. The quantitative estimate of drug-likeness (QED) is 0.504. The third kappa shape index (κ3) is 4.32. The SMILES string of the molecule is CC(NC(=O)c1ccc2c(N3CCN(C)CC3)nc(N)nc2c1)c1ccc2ccccc2c1. The van der Waals surface area contributed by atoms with Crippen LogP contribution in [0.5, 0.6) is 0 Å². The Hall–Kier alpha value is -3.71. The molecule has 1 aliphatic rings. The lowest BCUT2D eigenvalue weighted by molar-refractivity contribution is 0.0940. The first-order valence-electron chi connectivity index (χ1n) is 11.3. The average Bonchev–Trinajstić information content (AvgIpc) is 2.83. The van der Waals surface area contributed by atoms with E-state index in [1.54, 1.807) is 6.07 Å². The number of amides is 1. The summed E-state index contributed by atoms with van der Waals surface area (Å²) in [6, 6.07) is 19.9. The van der Waals surface area contributed by atoms with Crippen molar-refractivity contribution < 1.29 is 4.79 Å². The number of nitrogens with two attached hydrogens (primary N) is 1. The Bertz CT molecular complexity index is 1330. The second-order valence-electron chi connectivity index (χ2n) is 8.73. The number of anilines is 2. The van der Waals surface area contributed by atoms with Crippen molar-refractivity contribution in [2.45, 2.75) is 13.0 Å². The van der Waals surface area contributed by atoms with Crippen LogP contribution in [-0.2, 0) is 0 Å². The largest absolute Gasteiger partial charge is 0.368 e. The molecule has 1 amide bonds. The first-order chi connectivity index (χ1) is 16.0. The van der Waals surface area contributed by atoms with Crippen LogP contribution in [0.4, 0.5) is 11.8 Å². The fraction of sp³-hybridized carbons (Fsp3) is 0.269. The Morgan fingerprint density at radius 3 is 2.52 bits per heavy atom. The van der Waals surface area contributed by atoms with E-state index in [9.17, 15) is 4.79 Å². The lowest BCUT2D eigenvalue weighted by Crippen LogP contribution is -2.45. The number of piperazine rings is 1. The minimum atomic E-state index is -0.143. The first kappa shape index (κ1) is 21.2. The molecule has 1 unspecified atom stereocenters. The highest BCUT2D eigenvalue weighted by atomic mass is 16.1. The van der Waals surface area contributed by atoms with E-state index in [0.717, 1.165) is 48.3 Å². The molecule has 7 heteroatoms. The number of hydrogen-bond acceptors (Lipinski definition) is 6. The van der Waals surface area contributed by atoms with Crippen LogP contribution in [0.2, 0.25) is 0 Å². The standard InChI is InChI=1S/C26H28N6O/c1-17(19-8-7-18-5-3-4-6-20(18)15-19)28-25(33)21-9-10-22-23(16-21)29-26(27)30-24(22)32-13-11-31(2)12-14-32/h3-10,15-17H,11-14H2,1-2H3,(H,28,33)(H2,27,29,30). The summed E-state index contributed by atoms with van der Waals surface area (Å²) < 4.78 is 0. The highest BCUT2D eigenvalue weighted by Crippen LogP contribution is 2.27. The Morgan fingerprint density at radius 1 is 0.970 bits per heavy atom. The summed E-state index contributed by atoms with van der Waals surface area (Å²) in [7, 11) is 2.12. The van der Waals surface area contributed by atoms with Gasteiger partial charge < -0.3 is 20.9 Å². The van der Waals surface area contributed by atoms with Crippen molar-refractivity contribution >= 4 is 39.3 Å². The number of likely N-dealkylation sites (N-methyl/N-ethyl adjacent to an activating group) is 1. The zero-order valence-corrected chi connectivity index (χ0v) is 19.0. The molecular formula is C26H28N6O. The first-order valence-corrected chi connectivity index (χ1v) is 11.3. The topological polar surface area (TPSA) is 87.4 Å². The van der Waals surface area contributed by atoms with Crippen molar-refractivity contribution in [1.82, 2.24) is 20.2 Å². The predicted molar refractivity (Wildman–Crippen MR) is 133 cm³/mol. The molecule has 1 saturated heterocycles. The van der Waals surface area contributed by atoms with Crippen LogP contribution in [0, 0.1) is 0 Å². The number of carbonyl (C=O) groups is 1. The van der Waals surface area contributed by atoms with E-state index < -0.39 is 0 Å². The van der Waals surface area contributed by atoms with Crippen molar-refractivity contribution in [2.75, 3.05) is 43.9 Å². The number of rotatable bonds is 4. The number of carbonyl (C=O) groups excluding carboxylic acids is 1. The van der Waals surface area contributed by atoms with E-state index >= 15 is 0 Å². The zero-order valence-electron chi connectivity index (χ0n) is 19.0. The molecule has 1 aromatic heterocycles. The third-order valence-electron chi connectivity index (χ3n) is 6.38. The summed E-state index contributed by atoms with van der Waals surface area (Å²) in [4.78, 5) is 26.5. The maximum absolute atomic E-state index is 13.0. The van der Waals surface area contributed by atoms with Crippen molar-refractivity contribution in [3.05, 3.63) is 71.8 Å². The molecule has 33 heavy (non-hydrogen) atoms. The maximum Gasteiger partial charge on any atom is 0.251 e. The van der Waals surface area contributed by atoms with Crippen molar-refractivity contribution in [3.8, 4) is 0 Å². The summed E-state index contributed by atoms with van der Waals surface area (Å²) in [5.41, 5.74) is 8.33. The minimum absolute atomic E-state index is 0.130. The third-order valence-corrected chi connectivity index (χ3v) is 6.38. The second kappa shape index (κ2) is 8.67. The van der Waals surface area contributed by atoms with Gasteiger partial charge in [0.2, 0.25) is 5.95 Å². The van der Waals surface area contributed by atoms with Gasteiger partial charge in [-0.05, 0) is 54.6 Å². The smallest absolute Gasteiger partial charge is 0.251 e. The molecule has 0 spiro atoms. The molecule has 5 rings (SSSR count). The van der Waals surface area contributed by atoms with E-state index in [1.807, 2.05) is 31.2 Å². The molecule has 3 N–H and O–H groups in total. The van der Waals surface area contributed by atoms with Gasteiger partial charge in [0.25, 0.3) is 5.91 Å². The van der Waals surface area contributed by atoms with Crippen LogP contribution in [0.1, 0.15) is 28.9 Å². The summed E-state index contributed by atoms with van der Waals surface area (Å²) in [5, 5.41) is 6.36. The summed E-state index contributed by atoms with van der Waals surface area (Å²) in [5.74, 6) is 0.913. The highest BCUT2D eigenvalue weighted by Gasteiger charge is 2.20. The van der Waals surface area contributed by atoms with Gasteiger partial charge in [0, 0.05) is 37.1 Å². The molecule has 1 fully saturated rings. The van der Waals surface area contributed by atoms with Crippen LogP contribution >= 0.6 is 0 Å². The molecule has 2 heterocycles. The number of fused-ring (bicyclic) bond motifs is 2. The molecule has 1 aliphatic heterocycles. The van der Waals surface area contributed by atoms with Gasteiger partial charge in [0.1, 0.15) is 5.82 Å². The van der Waals surface area contributed by atoms with Gasteiger partial charge in [-0.1, -0.05) is 36.4 Å². The van der Waals surface area contributed by atoms with Gasteiger partial charge in [0.15, 0.2) is 0 Å². The van der Waals surface area contributed by atoms with Gasteiger partial charge in [-0.25, -0.2) is 4.98 Å². The number of nitrogens with one attached hydrogen (secondary N) is 1. The molecule has 0 aliphatic carbocycles. The van der Waals surface area contributed by atoms with E-state index in [2.05, 4.69) is 62.5 Å². The minimum Gasteiger partial charge on any atom is -0.368 e. The monoisotopic (exact) mass is 440 g/mol. The number of nitrogens with zero attached hydrogens (tertiary/aromatic N) is 4. The van der Waals surface area contributed by atoms with Gasteiger partial charge in [0.05, 0.1) is 11.6 Å². The molecule has 0 radical (unpaired) electrons. The predicted octanol–water partition coefficient (Wildman–Crippen LogP) is 3.61. The van der Waals surface area contributed by atoms with E-state index in [1.165, 1.54) is 5.39 Å². The Morgan fingerprint density at radius 2 is 1.73 bits per heavy atom. The van der Waals surface area contributed by atoms with Crippen LogP contribution in [0.15, 0.2) is 60.7 Å². The van der Waals surface area contributed by atoms with Gasteiger partial charge in [-0.15, -0.1) is 0 Å². The Labute approximate surface area is 193 Å². The summed E-state index contributed by atoms with van der Waals surface area (Å²) >= 11 is 0. The molecule has 3 aromatic carbocycles. The lowest BCUT2D eigenvalue weighted by Gasteiger charge is -2.33. The summed E-state index contributed by atoms with van der Waals surface area (Å²) in [6.07, 6.45) is 0. The van der Waals surface area contributed by atoms with Crippen LogP contribution < -0.4 is 16.0 Å². The van der Waals surface area contributed by atoms with Gasteiger partial charge >= 0.3 is 0 Å². The number of nitrogen functional groups attached to an aromatic ring is 1.